The van der Waals surface area contributed by atoms with E-state index >= 15 is 0 Å². The second kappa shape index (κ2) is 8.15. The summed E-state index contributed by atoms with van der Waals surface area (Å²) in [5.74, 6) is 1.26. The van der Waals surface area contributed by atoms with E-state index in [9.17, 15) is 5.11 Å². The molecular formula is C25H22O3. The van der Waals surface area contributed by atoms with Crippen molar-refractivity contribution in [1.29, 1.82) is 0 Å². The van der Waals surface area contributed by atoms with Crippen molar-refractivity contribution in [1.82, 2.24) is 0 Å². The molecule has 4 aromatic rings. The lowest BCUT2D eigenvalue weighted by atomic mass is 9.98. The quantitative estimate of drug-likeness (QED) is 0.486. The van der Waals surface area contributed by atoms with Crippen molar-refractivity contribution in [2.75, 3.05) is 7.11 Å². The molecule has 1 N–H and O–H groups in total. The van der Waals surface area contributed by atoms with E-state index in [0.717, 1.165) is 27.5 Å². The standard InChI is InChI=1S/C25H22O3/c1-27-24-16-22(13-14-23(24)28-17-18-7-3-2-4-8-18)25(26)21-12-11-19-9-5-6-10-20(19)15-21/h2-16,25-26H,17H2,1H3. The molecule has 28 heavy (non-hydrogen) atoms. The maximum Gasteiger partial charge on any atom is 0.161 e. The molecule has 0 aliphatic heterocycles. The number of hydrogen-bond acceptors (Lipinski definition) is 3. The summed E-state index contributed by atoms with van der Waals surface area (Å²) in [7, 11) is 1.61. The van der Waals surface area contributed by atoms with E-state index in [2.05, 4.69) is 6.07 Å². The number of benzene rings is 4. The summed E-state index contributed by atoms with van der Waals surface area (Å²) in [6.45, 7) is 0.462. The van der Waals surface area contributed by atoms with Gasteiger partial charge < -0.3 is 14.6 Å². The molecule has 0 saturated heterocycles. The van der Waals surface area contributed by atoms with E-state index in [1.54, 1.807) is 7.11 Å². The summed E-state index contributed by atoms with van der Waals surface area (Å²) >= 11 is 0. The Hall–Kier alpha value is -3.30. The molecule has 0 aliphatic carbocycles. The first kappa shape index (κ1) is 18.1. The molecule has 3 heteroatoms. The molecule has 0 heterocycles. The Morgan fingerprint density at radius 3 is 2.18 bits per heavy atom. The van der Waals surface area contributed by atoms with Crippen molar-refractivity contribution in [3.05, 3.63) is 108 Å². The van der Waals surface area contributed by atoms with E-state index in [0.29, 0.717) is 18.1 Å². The van der Waals surface area contributed by atoms with Crippen LogP contribution in [-0.4, -0.2) is 12.2 Å². The van der Waals surface area contributed by atoms with Crippen LogP contribution in [-0.2, 0) is 6.61 Å². The zero-order chi connectivity index (χ0) is 19.3. The Morgan fingerprint density at radius 2 is 1.39 bits per heavy atom. The Balaban J connectivity index is 1.57. The van der Waals surface area contributed by atoms with Gasteiger partial charge in [-0.3, -0.25) is 0 Å². The number of aliphatic hydroxyl groups excluding tert-OH is 1. The van der Waals surface area contributed by atoms with E-state index in [1.165, 1.54) is 0 Å². The average molecular weight is 370 g/mol. The molecule has 0 fully saturated rings. The molecule has 0 aliphatic rings. The van der Waals surface area contributed by atoms with Crippen LogP contribution >= 0.6 is 0 Å². The SMILES string of the molecule is COc1cc(C(O)c2ccc3ccccc3c2)ccc1OCc1ccccc1. The fourth-order valence-corrected chi connectivity index (χ4v) is 3.28. The van der Waals surface area contributed by atoms with Gasteiger partial charge in [0.15, 0.2) is 11.5 Å². The first-order chi connectivity index (χ1) is 13.7. The summed E-state index contributed by atoms with van der Waals surface area (Å²) in [5.41, 5.74) is 2.70. The topological polar surface area (TPSA) is 38.7 Å². The maximum atomic E-state index is 10.9. The van der Waals surface area contributed by atoms with Crippen LogP contribution in [0.3, 0.4) is 0 Å². The van der Waals surface area contributed by atoms with Crippen LogP contribution < -0.4 is 9.47 Å². The highest BCUT2D eigenvalue weighted by molar-refractivity contribution is 5.83. The average Bonchev–Trinajstić information content (AvgIpc) is 2.77. The highest BCUT2D eigenvalue weighted by atomic mass is 16.5. The van der Waals surface area contributed by atoms with Crippen molar-refractivity contribution in [2.45, 2.75) is 12.7 Å². The normalized spacial score (nSPS) is 11.9. The molecule has 0 aromatic heterocycles. The van der Waals surface area contributed by atoms with Crippen LogP contribution in [0, 0.1) is 0 Å². The van der Waals surface area contributed by atoms with Crippen LogP contribution in [0.2, 0.25) is 0 Å². The van der Waals surface area contributed by atoms with Gasteiger partial charge in [-0.1, -0.05) is 72.8 Å². The highest BCUT2D eigenvalue weighted by Crippen LogP contribution is 2.33. The zero-order valence-electron chi connectivity index (χ0n) is 15.7. The third-order valence-corrected chi connectivity index (χ3v) is 4.83. The molecule has 0 spiro atoms. The molecule has 0 saturated carbocycles. The largest absolute Gasteiger partial charge is 0.493 e. The Bertz CT molecular complexity index is 1070. The minimum atomic E-state index is -0.735. The summed E-state index contributed by atoms with van der Waals surface area (Å²) in [5, 5.41) is 13.1. The van der Waals surface area contributed by atoms with Gasteiger partial charge in [0, 0.05) is 0 Å². The smallest absolute Gasteiger partial charge is 0.161 e. The second-order valence-electron chi connectivity index (χ2n) is 6.69. The zero-order valence-corrected chi connectivity index (χ0v) is 15.7. The molecule has 140 valence electrons. The summed E-state index contributed by atoms with van der Waals surface area (Å²) in [6.07, 6.45) is -0.735. The van der Waals surface area contributed by atoms with Crippen LogP contribution in [0.4, 0.5) is 0 Å². The minimum Gasteiger partial charge on any atom is -0.493 e. The van der Waals surface area contributed by atoms with Gasteiger partial charge in [0.05, 0.1) is 7.11 Å². The van der Waals surface area contributed by atoms with Gasteiger partial charge in [-0.05, 0) is 45.7 Å². The first-order valence-electron chi connectivity index (χ1n) is 9.26. The molecule has 1 unspecified atom stereocenters. The summed E-state index contributed by atoms with van der Waals surface area (Å²) < 4.78 is 11.4. The van der Waals surface area contributed by atoms with Gasteiger partial charge >= 0.3 is 0 Å². The minimum absolute atomic E-state index is 0.462. The van der Waals surface area contributed by atoms with Crippen LogP contribution in [0.1, 0.15) is 22.8 Å². The Morgan fingerprint density at radius 1 is 0.714 bits per heavy atom. The van der Waals surface area contributed by atoms with Crippen LogP contribution in [0.5, 0.6) is 11.5 Å². The van der Waals surface area contributed by atoms with Gasteiger partial charge in [0.25, 0.3) is 0 Å². The molecular weight excluding hydrogens is 348 g/mol. The predicted octanol–water partition coefficient (Wildman–Crippen LogP) is 5.51. The first-order valence-corrected chi connectivity index (χ1v) is 9.26. The summed E-state index contributed by atoms with van der Waals surface area (Å²) in [6, 6.07) is 29.7. The maximum absolute atomic E-state index is 10.9. The fourth-order valence-electron chi connectivity index (χ4n) is 3.28. The Labute approximate surface area is 164 Å². The Kier molecular flexibility index (Phi) is 5.27. The van der Waals surface area contributed by atoms with Gasteiger partial charge in [-0.2, -0.15) is 0 Å². The van der Waals surface area contributed by atoms with Crippen molar-refractivity contribution >= 4 is 10.8 Å². The molecule has 0 bridgehead atoms. The fraction of sp³-hybridized carbons (Fsp3) is 0.120. The van der Waals surface area contributed by atoms with Gasteiger partial charge in [0.1, 0.15) is 12.7 Å². The molecule has 0 radical (unpaired) electrons. The van der Waals surface area contributed by atoms with E-state index in [-0.39, 0.29) is 0 Å². The van der Waals surface area contributed by atoms with E-state index in [1.807, 2.05) is 84.9 Å². The summed E-state index contributed by atoms with van der Waals surface area (Å²) in [4.78, 5) is 0. The van der Waals surface area contributed by atoms with Gasteiger partial charge in [0.2, 0.25) is 0 Å². The lowest BCUT2D eigenvalue weighted by molar-refractivity contribution is 0.219. The lowest BCUT2D eigenvalue weighted by Crippen LogP contribution is -2.02. The second-order valence-corrected chi connectivity index (χ2v) is 6.69. The van der Waals surface area contributed by atoms with Crippen molar-refractivity contribution in [3.8, 4) is 11.5 Å². The number of rotatable bonds is 6. The third kappa shape index (κ3) is 3.85. The van der Waals surface area contributed by atoms with Crippen molar-refractivity contribution < 1.29 is 14.6 Å². The van der Waals surface area contributed by atoms with E-state index in [4.69, 9.17) is 9.47 Å². The number of ether oxygens (including phenoxy) is 2. The third-order valence-electron chi connectivity index (χ3n) is 4.83. The monoisotopic (exact) mass is 370 g/mol. The number of aliphatic hydroxyl groups is 1. The van der Waals surface area contributed by atoms with Crippen LogP contribution in [0.25, 0.3) is 10.8 Å². The highest BCUT2D eigenvalue weighted by Gasteiger charge is 2.14. The molecule has 4 rings (SSSR count). The molecule has 1 atom stereocenters. The molecule has 3 nitrogen and oxygen atoms in total. The molecule has 4 aromatic carbocycles. The number of hydrogen-bond donors (Lipinski definition) is 1. The van der Waals surface area contributed by atoms with Gasteiger partial charge in [-0.15, -0.1) is 0 Å². The number of fused-ring (bicyclic) bond motifs is 1. The van der Waals surface area contributed by atoms with Gasteiger partial charge in [-0.25, -0.2) is 0 Å². The predicted molar refractivity (Wildman–Crippen MR) is 112 cm³/mol. The van der Waals surface area contributed by atoms with Crippen LogP contribution in [0.15, 0.2) is 91.0 Å². The van der Waals surface area contributed by atoms with Crippen molar-refractivity contribution in [3.63, 3.8) is 0 Å². The lowest BCUT2D eigenvalue weighted by Gasteiger charge is -2.16. The van der Waals surface area contributed by atoms with E-state index < -0.39 is 6.10 Å². The molecule has 0 amide bonds. The van der Waals surface area contributed by atoms with Crippen molar-refractivity contribution in [2.24, 2.45) is 0 Å². The number of methoxy groups -OCH3 is 1.